The number of rotatable bonds is 4. The van der Waals surface area contributed by atoms with E-state index in [1.807, 2.05) is 36.4 Å². The minimum absolute atomic E-state index is 0.0382. The van der Waals surface area contributed by atoms with E-state index in [1.54, 1.807) is 4.57 Å². The molecule has 7 nitrogen and oxygen atoms in total. The van der Waals surface area contributed by atoms with Gasteiger partial charge < -0.3 is 24.5 Å². The number of fused-ring (bicyclic) bond motifs is 3. The van der Waals surface area contributed by atoms with Crippen LogP contribution in [0, 0.1) is 5.82 Å². The van der Waals surface area contributed by atoms with E-state index in [0.717, 1.165) is 29.7 Å². The van der Waals surface area contributed by atoms with Crippen LogP contribution in [0.4, 0.5) is 10.1 Å². The first-order chi connectivity index (χ1) is 16.0. The molecule has 1 aromatic heterocycles. The molecule has 2 aliphatic heterocycles. The Morgan fingerprint density at radius 3 is 2.73 bits per heavy atom. The number of benzene rings is 3. The Hall–Kier alpha value is -3.91. The first-order valence-electron chi connectivity index (χ1n) is 10.7. The molecule has 6 rings (SSSR count). The summed E-state index contributed by atoms with van der Waals surface area (Å²) in [7, 11) is 0. The number of hydrogen-bond donors (Lipinski definition) is 2. The van der Waals surface area contributed by atoms with Crippen molar-refractivity contribution in [3.63, 3.8) is 0 Å². The molecule has 8 heteroatoms. The molecule has 166 valence electrons. The third kappa shape index (κ3) is 3.06. The number of aromatic nitrogens is 1. The lowest BCUT2D eigenvalue weighted by atomic mass is 10.0. The van der Waals surface area contributed by atoms with Crippen molar-refractivity contribution in [3.8, 4) is 17.2 Å². The maximum atomic E-state index is 15.3. The fourth-order valence-electron chi connectivity index (χ4n) is 4.64. The molecular formula is C25H19FN2O5. The van der Waals surface area contributed by atoms with Crippen molar-refractivity contribution in [2.24, 2.45) is 0 Å². The van der Waals surface area contributed by atoms with Gasteiger partial charge in [0.2, 0.25) is 5.43 Å². The average Bonchev–Trinajstić information content (AvgIpc) is 3.32. The molecule has 1 saturated heterocycles. The molecule has 0 spiro atoms. The average molecular weight is 446 g/mol. The van der Waals surface area contributed by atoms with Gasteiger partial charge in [0.1, 0.15) is 16.8 Å². The molecule has 2 aliphatic rings. The molecule has 0 saturated carbocycles. The van der Waals surface area contributed by atoms with Gasteiger partial charge >= 0.3 is 5.97 Å². The number of halogens is 1. The highest BCUT2D eigenvalue weighted by Gasteiger charge is 2.29. The van der Waals surface area contributed by atoms with Gasteiger partial charge in [0.25, 0.3) is 0 Å². The number of carbonyl (C=O) groups is 1. The summed E-state index contributed by atoms with van der Waals surface area (Å²) in [5.74, 6) is -1.47. The maximum absolute atomic E-state index is 15.3. The Bertz CT molecular complexity index is 1520. The second-order valence-electron chi connectivity index (χ2n) is 8.29. The monoisotopic (exact) mass is 446 g/mol. The Labute approximate surface area is 187 Å². The van der Waals surface area contributed by atoms with E-state index in [0.29, 0.717) is 30.1 Å². The molecule has 2 N–H and O–H groups in total. The SMILES string of the molecule is O=C(O)c1cn2c3c(c(NCC4CCCO4)c(F)cc3c1=O)Oc1cc3ccccc3cc1-2. The summed E-state index contributed by atoms with van der Waals surface area (Å²) in [4.78, 5) is 24.7. The van der Waals surface area contributed by atoms with Crippen LogP contribution in [0.25, 0.3) is 27.4 Å². The first-order valence-corrected chi connectivity index (χ1v) is 10.7. The first kappa shape index (κ1) is 19.8. The summed E-state index contributed by atoms with van der Waals surface area (Å²) in [5.41, 5.74) is -0.177. The zero-order valence-electron chi connectivity index (χ0n) is 17.4. The highest BCUT2D eigenvalue weighted by Crippen LogP contribution is 2.46. The molecule has 1 unspecified atom stereocenters. The van der Waals surface area contributed by atoms with Crippen LogP contribution in [-0.4, -0.2) is 34.9 Å². The summed E-state index contributed by atoms with van der Waals surface area (Å²) < 4.78 is 28.7. The van der Waals surface area contributed by atoms with Crippen molar-refractivity contribution < 1.29 is 23.8 Å². The predicted octanol–water partition coefficient (Wildman–Crippen LogP) is 4.68. The van der Waals surface area contributed by atoms with Crippen LogP contribution in [0.15, 0.2) is 53.5 Å². The second kappa shape index (κ2) is 7.31. The van der Waals surface area contributed by atoms with E-state index in [-0.39, 0.29) is 22.9 Å². The molecule has 0 amide bonds. The summed E-state index contributed by atoms with van der Waals surface area (Å²) in [5, 5.41) is 14.5. The number of aromatic carboxylic acids is 1. The number of ether oxygens (including phenoxy) is 2. The summed E-state index contributed by atoms with van der Waals surface area (Å²) >= 11 is 0. The maximum Gasteiger partial charge on any atom is 0.341 e. The number of hydrogen-bond acceptors (Lipinski definition) is 5. The van der Waals surface area contributed by atoms with Crippen LogP contribution >= 0.6 is 0 Å². The largest absolute Gasteiger partial charge is 0.477 e. The van der Waals surface area contributed by atoms with Crippen molar-refractivity contribution in [2.45, 2.75) is 18.9 Å². The van der Waals surface area contributed by atoms with E-state index in [2.05, 4.69) is 5.32 Å². The van der Waals surface area contributed by atoms with Gasteiger partial charge in [-0.15, -0.1) is 0 Å². The Kier molecular flexibility index (Phi) is 4.38. The number of carboxylic acid groups (broad SMARTS) is 1. The van der Waals surface area contributed by atoms with Gasteiger partial charge in [0.05, 0.1) is 17.2 Å². The molecule has 0 bridgehead atoms. The van der Waals surface area contributed by atoms with Crippen molar-refractivity contribution in [1.29, 1.82) is 0 Å². The molecule has 0 aliphatic carbocycles. The number of carboxylic acids is 1. The fourth-order valence-corrected chi connectivity index (χ4v) is 4.64. The van der Waals surface area contributed by atoms with Gasteiger partial charge in [-0.2, -0.15) is 0 Å². The Morgan fingerprint density at radius 2 is 2.00 bits per heavy atom. The van der Waals surface area contributed by atoms with E-state index in [4.69, 9.17) is 9.47 Å². The van der Waals surface area contributed by atoms with Crippen LogP contribution < -0.4 is 15.5 Å². The third-order valence-corrected chi connectivity index (χ3v) is 6.26. The van der Waals surface area contributed by atoms with Gasteiger partial charge in [0, 0.05) is 19.3 Å². The molecule has 0 radical (unpaired) electrons. The van der Waals surface area contributed by atoms with Crippen molar-refractivity contribution in [1.82, 2.24) is 4.57 Å². The van der Waals surface area contributed by atoms with Crippen molar-refractivity contribution in [3.05, 3.63) is 70.3 Å². The number of pyridine rings is 1. The number of nitrogens with one attached hydrogen (secondary N) is 1. The van der Waals surface area contributed by atoms with E-state index >= 15 is 4.39 Å². The lowest BCUT2D eigenvalue weighted by Gasteiger charge is -2.26. The van der Waals surface area contributed by atoms with Crippen molar-refractivity contribution in [2.75, 3.05) is 18.5 Å². The molecule has 1 atom stereocenters. The zero-order valence-corrected chi connectivity index (χ0v) is 17.4. The second-order valence-corrected chi connectivity index (χ2v) is 8.29. The Morgan fingerprint density at radius 1 is 1.21 bits per heavy atom. The third-order valence-electron chi connectivity index (χ3n) is 6.26. The molecule has 33 heavy (non-hydrogen) atoms. The molecule has 3 heterocycles. The number of anilines is 1. The van der Waals surface area contributed by atoms with Gasteiger partial charge in [-0.25, -0.2) is 9.18 Å². The summed E-state index contributed by atoms with van der Waals surface area (Å²) in [6.07, 6.45) is 3.07. The summed E-state index contributed by atoms with van der Waals surface area (Å²) in [6.45, 7) is 1.06. The minimum Gasteiger partial charge on any atom is -0.477 e. The van der Waals surface area contributed by atoms with E-state index in [1.165, 1.54) is 6.20 Å². The number of nitrogens with zero attached hydrogens (tertiary/aromatic N) is 1. The van der Waals surface area contributed by atoms with Crippen molar-refractivity contribution >= 4 is 33.3 Å². The highest BCUT2D eigenvalue weighted by molar-refractivity contribution is 6.00. The van der Waals surface area contributed by atoms with Gasteiger partial charge in [-0.1, -0.05) is 24.3 Å². The van der Waals surface area contributed by atoms with Gasteiger partial charge in [-0.3, -0.25) is 4.79 Å². The van der Waals surface area contributed by atoms with Gasteiger partial charge in [0.15, 0.2) is 17.3 Å². The summed E-state index contributed by atoms with van der Waals surface area (Å²) in [6, 6.07) is 12.4. The Balaban J connectivity index is 1.63. The standard InChI is InChI=1S/C25H19FN2O5/c26-18-10-16-22-24(21(18)27-11-15-6-3-7-32-15)33-20-9-14-5-2-1-4-13(14)8-19(20)28(22)12-17(23(16)29)25(30)31/h1-2,4-5,8-10,12,15,27H,3,6-7,11H2,(H,30,31). The quantitative estimate of drug-likeness (QED) is 0.417. The normalized spacial score (nSPS) is 16.6. The smallest absolute Gasteiger partial charge is 0.341 e. The fraction of sp³-hybridized carbons (Fsp3) is 0.200. The topological polar surface area (TPSA) is 89.8 Å². The molecule has 4 aromatic rings. The lowest BCUT2D eigenvalue weighted by molar-refractivity contribution is 0.0695. The van der Waals surface area contributed by atoms with Crippen LogP contribution in [0.2, 0.25) is 0 Å². The van der Waals surface area contributed by atoms with Crippen LogP contribution in [0.1, 0.15) is 23.2 Å². The van der Waals surface area contributed by atoms with Crippen LogP contribution in [-0.2, 0) is 4.74 Å². The highest BCUT2D eigenvalue weighted by atomic mass is 19.1. The minimum atomic E-state index is -1.37. The molecular weight excluding hydrogens is 427 g/mol. The molecule has 1 fully saturated rings. The van der Waals surface area contributed by atoms with E-state index < -0.39 is 22.8 Å². The predicted molar refractivity (Wildman–Crippen MR) is 122 cm³/mol. The van der Waals surface area contributed by atoms with E-state index in [9.17, 15) is 14.7 Å². The van der Waals surface area contributed by atoms with Gasteiger partial charge in [-0.05, 0) is 41.8 Å². The van der Waals surface area contributed by atoms with Crippen LogP contribution in [0.5, 0.6) is 11.5 Å². The molecule has 3 aromatic carbocycles. The lowest BCUT2D eigenvalue weighted by Crippen LogP contribution is -2.23. The van der Waals surface area contributed by atoms with Crippen LogP contribution in [0.3, 0.4) is 0 Å². The zero-order chi connectivity index (χ0) is 22.7.